The normalized spacial score (nSPS) is 15.1. The maximum atomic E-state index is 14.6. The Kier molecular flexibility index (Phi) is 6.47. The van der Waals surface area contributed by atoms with Gasteiger partial charge < -0.3 is 19.9 Å². The Bertz CT molecular complexity index is 968. The number of nitrogens with one attached hydrogen (secondary N) is 2. The minimum Gasteiger partial charge on any atom is -0.375 e. The summed E-state index contributed by atoms with van der Waals surface area (Å²) < 4.78 is 22.0. The number of carbonyl (C=O) groups is 2. The molecule has 1 aliphatic rings. The number of halogens is 2. The summed E-state index contributed by atoms with van der Waals surface area (Å²) in [6, 6.07) is 3.57. The number of hydrogen-bond acceptors (Lipinski definition) is 4. The van der Waals surface area contributed by atoms with Crippen LogP contribution in [0.15, 0.2) is 18.2 Å². The van der Waals surface area contributed by atoms with E-state index in [1.165, 1.54) is 13.1 Å². The van der Waals surface area contributed by atoms with Crippen molar-refractivity contribution in [2.75, 3.05) is 13.7 Å². The number of benzene rings is 1. The van der Waals surface area contributed by atoms with E-state index in [1.807, 2.05) is 20.8 Å². The van der Waals surface area contributed by atoms with Gasteiger partial charge in [0, 0.05) is 25.2 Å². The van der Waals surface area contributed by atoms with Gasteiger partial charge in [0.15, 0.2) is 5.69 Å². The molecule has 2 aromatic rings. The highest BCUT2D eigenvalue weighted by molar-refractivity contribution is 6.30. The minimum absolute atomic E-state index is 0.124. The van der Waals surface area contributed by atoms with Crippen LogP contribution in [0.2, 0.25) is 5.02 Å². The maximum Gasteiger partial charge on any atom is 0.272 e. The molecule has 0 aliphatic carbocycles. The van der Waals surface area contributed by atoms with Crippen molar-refractivity contribution in [3.05, 3.63) is 40.4 Å². The second kappa shape index (κ2) is 8.73. The van der Waals surface area contributed by atoms with E-state index < -0.39 is 23.2 Å². The van der Waals surface area contributed by atoms with Crippen molar-refractivity contribution in [2.45, 2.75) is 46.4 Å². The molecule has 7 nitrogen and oxygen atoms in total. The van der Waals surface area contributed by atoms with E-state index in [9.17, 15) is 14.0 Å². The summed E-state index contributed by atoms with van der Waals surface area (Å²) in [6.45, 7) is 6.81. The first kappa shape index (κ1) is 22.2. The van der Waals surface area contributed by atoms with Crippen LogP contribution in [0, 0.1) is 11.2 Å². The number of aromatic nitrogens is 2. The molecule has 1 aromatic heterocycles. The summed E-state index contributed by atoms with van der Waals surface area (Å²) in [5.41, 5.74) is 0.409. The number of nitrogens with zero attached hydrogens (tertiary/aromatic N) is 2. The zero-order chi connectivity index (χ0) is 22.1. The Morgan fingerprint density at radius 2 is 2.07 bits per heavy atom. The van der Waals surface area contributed by atoms with Gasteiger partial charge in [0.2, 0.25) is 5.91 Å². The van der Waals surface area contributed by atoms with Crippen LogP contribution in [0.3, 0.4) is 0 Å². The standard InChI is InChI=1S/C21H26ClFN4O3/c1-21(2,3)17(20(29)24-4)26-19(28)16-15-11-30-9-5-8-27(15)18(25-16)13-7-6-12(22)10-14(13)23/h6-7,10,17H,5,8-9,11H2,1-4H3,(H,24,29)(H,26,28). The van der Waals surface area contributed by atoms with Crippen LogP contribution >= 0.6 is 11.6 Å². The number of fused-ring (bicyclic) bond motifs is 1. The third-order valence-corrected chi connectivity index (χ3v) is 5.25. The Morgan fingerprint density at radius 3 is 2.70 bits per heavy atom. The first-order valence-corrected chi connectivity index (χ1v) is 10.2. The Balaban J connectivity index is 2.05. The van der Waals surface area contributed by atoms with Crippen LogP contribution in [0.25, 0.3) is 11.4 Å². The molecule has 9 heteroatoms. The first-order valence-electron chi connectivity index (χ1n) is 9.78. The number of hydrogen-bond donors (Lipinski definition) is 2. The highest BCUT2D eigenvalue weighted by atomic mass is 35.5. The van der Waals surface area contributed by atoms with Crippen molar-refractivity contribution in [1.29, 1.82) is 0 Å². The number of amides is 2. The molecule has 3 rings (SSSR count). The van der Waals surface area contributed by atoms with Gasteiger partial charge >= 0.3 is 0 Å². The molecule has 1 unspecified atom stereocenters. The summed E-state index contributed by atoms with van der Waals surface area (Å²) in [6.07, 6.45) is 0.704. The van der Waals surface area contributed by atoms with Gasteiger partial charge in [-0.2, -0.15) is 0 Å². The number of carbonyl (C=O) groups excluding carboxylic acids is 2. The van der Waals surface area contributed by atoms with Crippen LogP contribution in [0.1, 0.15) is 43.4 Å². The number of imidazole rings is 1. The zero-order valence-electron chi connectivity index (χ0n) is 17.5. The molecule has 1 aromatic carbocycles. The Hall–Kier alpha value is -2.45. The van der Waals surface area contributed by atoms with E-state index in [0.29, 0.717) is 31.1 Å². The van der Waals surface area contributed by atoms with Crippen LogP contribution < -0.4 is 10.6 Å². The molecule has 1 aliphatic heterocycles. The summed E-state index contributed by atoms with van der Waals surface area (Å²) in [7, 11) is 1.52. The molecule has 2 heterocycles. The summed E-state index contributed by atoms with van der Waals surface area (Å²) in [5.74, 6) is -0.998. The van der Waals surface area contributed by atoms with E-state index >= 15 is 0 Å². The lowest BCUT2D eigenvalue weighted by Gasteiger charge is -2.29. The fourth-order valence-corrected chi connectivity index (χ4v) is 3.60. The van der Waals surface area contributed by atoms with Crippen LogP contribution in [0.4, 0.5) is 4.39 Å². The first-order chi connectivity index (χ1) is 14.1. The molecule has 2 amide bonds. The summed E-state index contributed by atoms with van der Waals surface area (Å²) in [5, 5.41) is 5.64. The van der Waals surface area contributed by atoms with Gasteiger partial charge in [-0.05, 0) is 30.0 Å². The molecule has 0 saturated carbocycles. The van der Waals surface area contributed by atoms with Gasteiger partial charge in [0.1, 0.15) is 17.7 Å². The van der Waals surface area contributed by atoms with Gasteiger partial charge in [-0.15, -0.1) is 0 Å². The molecule has 1 atom stereocenters. The van der Waals surface area contributed by atoms with Crippen LogP contribution in [-0.4, -0.2) is 41.1 Å². The topological polar surface area (TPSA) is 85.3 Å². The van der Waals surface area contributed by atoms with E-state index in [2.05, 4.69) is 15.6 Å². The van der Waals surface area contributed by atoms with Gasteiger partial charge in [-0.25, -0.2) is 9.37 Å². The predicted molar refractivity (Wildman–Crippen MR) is 112 cm³/mol. The van der Waals surface area contributed by atoms with Gasteiger partial charge in [-0.3, -0.25) is 9.59 Å². The lowest BCUT2D eigenvalue weighted by Crippen LogP contribution is -2.53. The van der Waals surface area contributed by atoms with Crippen molar-refractivity contribution in [1.82, 2.24) is 20.2 Å². The molecule has 0 spiro atoms. The van der Waals surface area contributed by atoms with Gasteiger partial charge in [0.05, 0.1) is 17.9 Å². The smallest absolute Gasteiger partial charge is 0.272 e. The molecule has 0 saturated heterocycles. The van der Waals surface area contributed by atoms with Crippen molar-refractivity contribution < 1.29 is 18.7 Å². The highest BCUT2D eigenvalue weighted by Crippen LogP contribution is 2.29. The monoisotopic (exact) mass is 436 g/mol. The van der Waals surface area contributed by atoms with Gasteiger partial charge in [0.25, 0.3) is 5.91 Å². The second-order valence-electron chi connectivity index (χ2n) is 8.30. The van der Waals surface area contributed by atoms with E-state index in [1.54, 1.807) is 16.7 Å². The second-order valence-corrected chi connectivity index (χ2v) is 8.74. The van der Waals surface area contributed by atoms with Crippen LogP contribution in [-0.2, 0) is 22.7 Å². The van der Waals surface area contributed by atoms with E-state index in [0.717, 1.165) is 0 Å². The number of ether oxygens (including phenoxy) is 1. The van der Waals surface area contributed by atoms with Crippen molar-refractivity contribution in [2.24, 2.45) is 5.41 Å². The lowest BCUT2D eigenvalue weighted by molar-refractivity contribution is -0.124. The fourth-order valence-electron chi connectivity index (χ4n) is 3.44. The molecule has 2 N–H and O–H groups in total. The fraction of sp³-hybridized carbons (Fsp3) is 0.476. The highest BCUT2D eigenvalue weighted by Gasteiger charge is 2.34. The maximum absolute atomic E-state index is 14.6. The van der Waals surface area contributed by atoms with Crippen molar-refractivity contribution >= 4 is 23.4 Å². The molecule has 30 heavy (non-hydrogen) atoms. The zero-order valence-corrected chi connectivity index (χ0v) is 18.3. The largest absolute Gasteiger partial charge is 0.375 e. The number of rotatable bonds is 4. The Morgan fingerprint density at radius 1 is 1.33 bits per heavy atom. The van der Waals surface area contributed by atoms with E-state index in [-0.39, 0.29) is 28.8 Å². The molecule has 0 bridgehead atoms. The average Bonchev–Trinajstić information content (AvgIpc) is 2.85. The lowest BCUT2D eigenvalue weighted by atomic mass is 9.86. The third kappa shape index (κ3) is 4.49. The molecular formula is C21H26ClFN4O3. The molecule has 0 radical (unpaired) electrons. The van der Waals surface area contributed by atoms with Crippen molar-refractivity contribution in [3.8, 4) is 11.4 Å². The number of likely N-dealkylation sites (N-methyl/N-ethyl adjacent to an activating group) is 1. The van der Waals surface area contributed by atoms with Gasteiger partial charge in [-0.1, -0.05) is 32.4 Å². The SMILES string of the molecule is CNC(=O)C(NC(=O)c1nc(-c2ccc(Cl)cc2F)n2c1COCCC2)C(C)(C)C. The Labute approximate surface area is 180 Å². The predicted octanol–water partition coefficient (Wildman–Crippen LogP) is 3.15. The van der Waals surface area contributed by atoms with E-state index in [4.69, 9.17) is 16.3 Å². The van der Waals surface area contributed by atoms with Crippen molar-refractivity contribution in [3.63, 3.8) is 0 Å². The molecule has 0 fully saturated rings. The summed E-state index contributed by atoms with van der Waals surface area (Å²) in [4.78, 5) is 30.0. The molecule has 162 valence electrons. The molecular weight excluding hydrogens is 411 g/mol. The minimum atomic E-state index is -0.769. The third-order valence-electron chi connectivity index (χ3n) is 5.02. The quantitative estimate of drug-likeness (QED) is 0.771. The average molecular weight is 437 g/mol. The summed E-state index contributed by atoms with van der Waals surface area (Å²) >= 11 is 5.88. The van der Waals surface area contributed by atoms with Crippen LogP contribution in [0.5, 0.6) is 0 Å².